The molecule has 1 heteroatoms. The van der Waals surface area contributed by atoms with E-state index in [2.05, 4.69) is 6.92 Å². The highest BCUT2D eigenvalue weighted by molar-refractivity contribution is 5.00. The first-order valence-corrected chi connectivity index (χ1v) is 6.04. The van der Waals surface area contributed by atoms with Crippen molar-refractivity contribution in [2.24, 2.45) is 17.1 Å². The SMILES string of the molecule is CCC(N)C1CCC12CCCCC2. The second kappa shape index (κ2) is 3.61. The Bertz CT molecular complexity index is 170. The molecule has 0 aliphatic heterocycles. The second-order valence-corrected chi connectivity index (χ2v) is 5.14. The smallest absolute Gasteiger partial charge is 0.00698 e. The fraction of sp³-hybridized carbons (Fsp3) is 1.00. The monoisotopic (exact) mass is 181 g/mol. The van der Waals surface area contributed by atoms with E-state index in [1.54, 1.807) is 0 Å². The highest BCUT2D eigenvalue weighted by Gasteiger charge is 2.48. The molecule has 13 heavy (non-hydrogen) atoms. The summed E-state index contributed by atoms with van der Waals surface area (Å²) < 4.78 is 0. The lowest BCUT2D eigenvalue weighted by Gasteiger charge is -2.54. The molecule has 2 unspecified atom stereocenters. The lowest BCUT2D eigenvalue weighted by molar-refractivity contribution is -0.0251. The molecule has 2 rings (SSSR count). The molecule has 2 aliphatic rings. The van der Waals surface area contributed by atoms with E-state index in [0.29, 0.717) is 11.5 Å². The molecule has 0 aromatic heterocycles. The van der Waals surface area contributed by atoms with Crippen LogP contribution in [0, 0.1) is 11.3 Å². The van der Waals surface area contributed by atoms with Crippen LogP contribution >= 0.6 is 0 Å². The number of rotatable bonds is 2. The summed E-state index contributed by atoms with van der Waals surface area (Å²) in [5.74, 6) is 0.873. The van der Waals surface area contributed by atoms with E-state index in [4.69, 9.17) is 5.73 Å². The lowest BCUT2D eigenvalue weighted by Crippen LogP contribution is -2.50. The van der Waals surface area contributed by atoms with Crippen LogP contribution in [-0.4, -0.2) is 6.04 Å². The van der Waals surface area contributed by atoms with Crippen LogP contribution in [-0.2, 0) is 0 Å². The van der Waals surface area contributed by atoms with Gasteiger partial charge >= 0.3 is 0 Å². The number of nitrogens with two attached hydrogens (primary N) is 1. The Labute approximate surface area is 82.1 Å². The Morgan fingerprint density at radius 2 is 1.92 bits per heavy atom. The third kappa shape index (κ3) is 1.52. The van der Waals surface area contributed by atoms with Crippen LogP contribution in [0.5, 0.6) is 0 Å². The van der Waals surface area contributed by atoms with Crippen LogP contribution in [0.3, 0.4) is 0 Å². The average Bonchev–Trinajstić information content (AvgIpc) is 2.17. The summed E-state index contributed by atoms with van der Waals surface area (Å²) in [5.41, 5.74) is 6.90. The van der Waals surface area contributed by atoms with E-state index in [1.807, 2.05) is 0 Å². The van der Waals surface area contributed by atoms with Crippen molar-refractivity contribution in [1.82, 2.24) is 0 Å². The van der Waals surface area contributed by atoms with Gasteiger partial charge in [-0.2, -0.15) is 0 Å². The molecule has 0 aromatic carbocycles. The van der Waals surface area contributed by atoms with Gasteiger partial charge in [0.2, 0.25) is 0 Å². The van der Waals surface area contributed by atoms with Gasteiger partial charge in [-0.1, -0.05) is 26.2 Å². The Kier molecular flexibility index (Phi) is 2.64. The summed E-state index contributed by atoms with van der Waals surface area (Å²) in [6.07, 6.45) is 11.4. The van der Waals surface area contributed by atoms with Gasteiger partial charge in [-0.25, -0.2) is 0 Å². The molecule has 0 amide bonds. The normalized spacial score (nSPS) is 34.2. The van der Waals surface area contributed by atoms with Crippen LogP contribution in [0.1, 0.15) is 58.3 Å². The van der Waals surface area contributed by atoms with Gasteiger partial charge in [0.25, 0.3) is 0 Å². The maximum Gasteiger partial charge on any atom is 0.00698 e. The van der Waals surface area contributed by atoms with Crippen molar-refractivity contribution in [2.45, 2.75) is 64.3 Å². The molecule has 0 heterocycles. The van der Waals surface area contributed by atoms with Crippen molar-refractivity contribution < 1.29 is 0 Å². The van der Waals surface area contributed by atoms with E-state index in [1.165, 1.54) is 51.4 Å². The van der Waals surface area contributed by atoms with Gasteiger partial charge in [0.15, 0.2) is 0 Å². The van der Waals surface area contributed by atoms with Crippen LogP contribution < -0.4 is 5.73 Å². The minimum atomic E-state index is 0.492. The molecular weight excluding hydrogens is 158 g/mol. The van der Waals surface area contributed by atoms with Crippen molar-refractivity contribution >= 4 is 0 Å². The summed E-state index contributed by atoms with van der Waals surface area (Å²) >= 11 is 0. The van der Waals surface area contributed by atoms with E-state index >= 15 is 0 Å². The first-order valence-electron chi connectivity index (χ1n) is 6.04. The van der Waals surface area contributed by atoms with Gasteiger partial charge in [0.05, 0.1) is 0 Å². The van der Waals surface area contributed by atoms with Crippen LogP contribution in [0.25, 0.3) is 0 Å². The molecule has 2 saturated carbocycles. The average molecular weight is 181 g/mol. The van der Waals surface area contributed by atoms with Crippen LogP contribution in [0.15, 0.2) is 0 Å². The molecular formula is C12H23N. The fourth-order valence-corrected chi connectivity index (χ4v) is 3.55. The van der Waals surface area contributed by atoms with E-state index in [9.17, 15) is 0 Å². The summed E-state index contributed by atoms with van der Waals surface area (Å²) in [6.45, 7) is 2.24. The molecule has 2 fully saturated rings. The van der Waals surface area contributed by atoms with Crippen LogP contribution in [0.4, 0.5) is 0 Å². The van der Waals surface area contributed by atoms with Gasteiger partial charge in [0, 0.05) is 6.04 Å². The van der Waals surface area contributed by atoms with E-state index in [-0.39, 0.29) is 0 Å². The van der Waals surface area contributed by atoms with Crippen molar-refractivity contribution in [3.8, 4) is 0 Å². The summed E-state index contributed by atoms with van der Waals surface area (Å²) in [5, 5.41) is 0. The highest BCUT2D eigenvalue weighted by atomic mass is 14.7. The first kappa shape index (κ1) is 9.51. The summed E-state index contributed by atoms with van der Waals surface area (Å²) in [6, 6.07) is 0.492. The Balaban J connectivity index is 1.98. The predicted octanol–water partition coefficient (Wildman–Crippen LogP) is 3.08. The quantitative estimate of drug-likeness (QED) is 0.696. The molecule has 0 bridgehead atoms. The molecule has 76 valence electrons. The minimum Gasteiger partial charge on any atom is -0.327 e. The maximum atomic E-state index is 6.18. The Morgan fingerprint density at radius 3 is 2.38 bits per heavy atom. The highest BCUT2D eigenvalue weighted by Crippen LogP contribution is 2.56. The fourth-order valence-electron chi connectivity index (χ4n) is 3.55. The Hall–Kier alpha value is -0.0400. The molecule has 2 aliphatic carbocycles. The van der Waals surface area contributed by atoms with Crippen LogP contribution in [0.2, 0.25) is 0 Å². The Morgan fingerprint density at radius 1 is 1.23 bits per heavy atom. The van der Waals surface area contributed by atoms with Gasteiger partial charge < -0.3 is 5.73 Å². The van der Waals surface area contributed by atoms with Crippen molar-refractivity contribution in [3.05, 3.63) is 0 Å². The summed E-state index contributed by atoms with van der Waals surface area (Å²) in [4.78, 5) is 0. The molecule has 0 aromatic rings. The largest absolute Gasteiger partial charge is 0.327 e. The summed E-state index contributed by atoms with van der Waals surface area (Å²) in [7, 11) is 0. The number of hydrogen-bond donors (Lipinski definition) is 1. The molecule has 0 saturated heterocycles. The van der Waals surface area contributed by atoms with Crippen molar-refractivity contribution in [2.75, 3.05) is 0 Å². The number of hydrogen-bond acceptors (Lipinski definition) is 1. The van der Waals surface area contributed by atoms with Gasteiger partial charge in [-0.15, -0.1) is 0 Å². The first-order chi connectivity index (χ1) is 6.28. The second-order valence-electron chi connectivity index (χ2n) is 5.14. The molecule has 1 spiro atoms. The molecule has 2 N–H and O–H groups in total. The van der Waals surface area contributed by atoms with Crippen molar-refractivity contribution in [1.29, 1.82) is 0 Å². The van der Waals surface area contributed by atoms with Gasteiger partial charge in [0.1, 0.15) is 0 Å². The molecule has 0 radical (unpaired) electrons. The molecule has 2 atom stereocenters. The zero-order chi connectivity index (χ0) is 9.31. The third-order valence-electron chi connectivity index (χ3n) is 4.58. The predicted molar refractivity (Wildman–Crippen MR) is 56.5 cm³/mol. The maximum absolute atomic E-state index is 6.18. The third-order valence-corrected chi connectivity index (χ3v) is 4.58. The van der Waals surface area contributed by atoms with E-state index in [0.717, 1.165) is 5.92 Å². The zero-order valence-corrected chi connectivity index (χ0v) is 8.89. The topological polar surface area (TPSA) is 26.0 Å². The van der Waals surface area contributed by atoms with Gasteiger partial charge in [-0.05, 0) is 43.4 Å². The van der Waals surface area contributed by atoms with E-state index < -0.39 is 0 Å². The standard InChI is InChI=1S/C12H23N/c1-2-11(13)10-6-9-12(10)7-4-3-5-8-12/h10-11H,2-9,13H2,1H3. The van der Waals surface area contributed by atoms with Crippen molar-refractivity contribution in [3.63, 3.8) is 0 Å². The zero-order valence-electron chi connectivity index (χ0n) is 8.89. The lowest BCUT2D eigenvalue weighted by atomic mass is 9.52. The molecule has 1 nitrogen and oxygen atoms in total. The van der Waals surface area contributed by atoms with Gasteiger partial charge in [-0.3, -0.25) is 0 Å². The minimum absolute atomic E-state index is 0.492.